The molecule has 0 aliphatic carbocycles. The van der Waals surface area contributed by atoms with E-state index in [4.69, 9.17) is 0 Å². The number of imidazole rings is 1. The molecule has 0 radical (unpaired) electrons. The van der Waals surface area contributed by atoms with E-state index in [0.717, 1.165) is 37.3 Å². The minimum Gasteiger partial charge on any atom is -0.341 e. The molecule has 6 heteroatoms. The van der Waals surface area contributed by atoms with Gasteiger partial charge in [-0.2, -0.15) is 0 Å². The van der Waals surface area contributed by atoms with Gasteiger partial charge in [0.1, 0.15) is 11.3 Å². The molecule has 3 rings (SSSR count). The highest BCUT2D eigenvalue weighted by Gasteiger charge is 2.37. The summed E-state index contributed by atoms with van der Waals surface area (Å²) in [5.41, 5.74) is 1.35. The van der Waals surface area contributed by atoms with E-state index in [9.17, 15) is 8.42 Å². The van der Waals surface area contributed by atoms with Gasteiger partial charge in [-0.05, 0) is 31.5 Å². The Labute approximate surface area is 118 Å². The van der Waals surface area contributed by atoms with Gasteiger partial charge in [0.15, 0.2) is 9.84 Å². The maximum atomic E-state index is 11.9. The molecular weight excluding hydrogens is 274 g/mol. The molecular formula is C14H19N3O2S. The molecule has 1 atom stereocenters. The zero-order valence-corrected chi connectivity index (χ0v) is 12.5. The number of H-pyrrole nitrogens is 1. The molecule has 2 aromatic rings. The molecule has 1 unspecified atom stereocenters. The van der Waals surface area contributed by atoms with Crippen LogP contribution in [0.4, 0.5) is 0 Å². The number of hydrogen-bond donors (Lipinski definition) is 2. The van der Waals surface area contributed by atoms with Crippen LogP contribution in [0.5, 0.6) is 0 Å². The third-order valence-corrected chi connectivity index (χ3v) is 5.43. The Morgan fingerprint density at radius 2 is 2.20 bits per heavy atom. The van der Waals surface area contributed by atoms with E-state index in [0.29, 0.717) is 10.4 Å². The Morgan fingerprint density at radius 3 is 2.80 bits per heavy atom. The van der Waals surface area contributed by atoms with Gasteiger partial charge in [-0.3, -0.25) is 0 Å². The summed E-state index contributed by atoms with van der Waals surface area (Å²) >= 11 is 0. The van der Waals surface area contributed by atoms with Crippen molar-refractivity contribution in [2.24, 2.45) is 0 Å². The van der Waals surface area contributed by atoms with Crippen LogP contribution in [-0.4, -0.2) is 37.7 Å². The van der Waals surface area contributed by atoms with Gasteiger partial charge in [-0.25, -0.2) is 13.4 Å². The first kappa shape index (κ1) is 13.6. The quantitative estimate of drug-likeness (QED) is 0.901. The number of nitrogens with zero attached hydrogens (tertiary/aromatic N) is 1. The number of hydrogen-bond acceptors (Lipinski definition) is 4. The molecule has 1 aromatic heterocycles. The molecule has 108 valence electrons. The second kappa shape index (κ2) is 4.56. The van der Waals surface area contributed by atoms with Gasteiger partial charge < -0.3 is 10.3 Å². The number of rotatable bonds is 3. The summed E-state index contributed by atoms with van der Waals surface area (Å²) in [6, 6.07) is 5.26. The Balaban J connectivity index is 2.21. The number of benzene rings is 1. The highest BCUT2D eigenvalue weighted by atomic mass is 32.2. The van der Waals surface area contributed by atoms with Crippen LogP contribution in [0.2, 0.25) is 0 Å². The van der Waals surface area contributed by atoms with Gasteiger partial charge in [-0.1, -0.05) is 13.0 Å². The monoisotopic (exact) mass is 293 g/mol. The first-order valence-electron chi connectivity index (χ1n) is 6.86. The normalized spacial score (nSPS) is 23.5. The van der Waals surface area contributed by atoms with Crippen LogP contribution >= 0.6 is 0 Å². The minimum absolute atomic E-state index is 0.00616. The van der Waals surface area contributed by atoms with E-state index >= 15 is 0 Å². The molecule has 2 N–H and O–H groups in total. The van der Waals surface area contributed by atoms with Gasteiger partial charge in [0.05, 0.1) is 10.4 Å². The molecule has 20 heavy (non-hydrogen) atoms. The maximum absolute atomic E-state index is 11.9. The van der Waals surface area contributed by atoms with Crippen molar-refractivity contribution in [1.29, 1.82) is 0 Å². The van der Waals surface area contributed by atoms with Crippen molar-refractivity contribution in [2.75, 3.05) is 19.3 Å². The standard InChI is InChI=1S/C14H19N3O2S/c1-3-14(7-8-15-9-14)13-16-10-5-4-6-11(12(10)17-13)20(2,18)19/h4-6,15H,3,7-9H2,1-2H3,(H,16,17). The highest BCUT2D eigenvalue weighted by molar-refractivity contribution is 7.91. The summed E-state index contributed by atoms with van der Waals surface area (Å²) in [7, 11) is -3.26. The average Bonchev–Trinajstić information content (AvgIpc) is 3.04. The van der Waals surface area contributed by atoms with Crippen molar-refractivity contribution < 1.29 is 8.42 Å². The van der Waals surface area contributed by atoms with Crippen molar-refractivity contribution in [3.05, 3.63) is 24.0 Å². The van der Waals surface area contributed by atoms with E-state index in [2.05, 4.69) is 22.2 Å². The minimum atomic E-state index is -3.26. The zero-order chi connectivity index (χ0) is 14.4. The smallest absolute Gasteiger partial charge is 0.177 e. The molecule has 0 spiro atoms. The van der Waals surface area contributed by atoms with Crippen molar-refractivity contribution in [1.82, 2.24) is 15.3 Å². The highest BCUT2D eigenvalue weighted by Crippen LogP contribution is 2.34. The largest absolute Gasteiger partial charge is 0.341 e. The van der Waals surface area contributed by atoms with Crippen LogP contribution < -0.4 is 5.32 Å². The number of aromatic amines is 1. The summed E-state index contributed by atoms with van der Waals surface area (Å²) < 4.78 is 23.7. The summed E-state index contributed by atoms with van der Waals surface area (Å²) in [4.78, 5) is 8.26. The molecule has 0 bridgehead atoms. The van der Waals surface area contributed by atoms with Gasteiger partial charge in [0.2, 0.25) is 0 Å². The number of aromatic nitrogens is 2. The Morgan fingerprint density at radius 1 is 1.40 bits per heavy atom. The fourth-order valence-corrected chi connectivity index (χ4v) is 3.80. The predicted molar refractivity (Wildman–Crippen MR) is 78.7 cm³/mol. The van der Waals surface area contributed by atoms with Crippen LogP contribution in [0.1, 0.15) is 25.6 Å². The molecule has 1 aliphatic heterocycles. The summed E-state index contributed by atoms with van der Waals surface area (Å²) in [6.07, 6.45) is 3.23. The van der Waals surface area contributed by atoms with E-state index in [1.54, 1.807) is 12.1 Å². The van der Waals surface area contributed by atoms with E-state index in [1.807, 2.05) is 6.07 Å². The predicted octanol–water partition coefficient (Wildman–Crippen LogP) is 1.61. The van der Waals surface area contributed by atoms with Crippen molar-refractivity contribution in [3.8, 4) is 0 Å². The molecule has 0 amide bonds. The Bertz CT molecular complexity index is 743. The van der Waals surface area contributed by atoms with Gasteiger partial charge in [0.25, 0.3) is 0 Å². The number of nitrogens with one attached hydrogen (secondary N) is 2. The number of fused-ring (bicyclic) bond motifs is 1. The second-order valence-electron chi connectivity index (χ2n) is 5.57. The lowest BCUT2D eigenvalue weighted by atomic mass is 9.83. The third-order valence-electron chi connectivity index (χ3n) is 4.30. The molecule has 1 aromatic carbocycles. The Hall–Kier alpha value is -1.40. The number of sulfone groups is 1. The summed E-state index contributed by atoms with van der Waals surface area (Å²) in [5, 5.41) is 3.37. The van der Waals surface area contributed by atoms with Gasteiger partial charge in [0, 0.05) is 18.2 Å². The first-order chi connectivity index (χ1) is 9.46. The van der Waals surface area contributed by atoms with E-state index < -0.39 is 9.84 Å². The molecule has 0 saturated carbocycles. The van der Waals surface area contributed by atoms with Crippen molar-refractivity contribution in [2.45, 2.75) is 30.1 Å². The lowest BCUT2D eigenvalue weighted by Crippen LogP contribution is -2.29. The van der Waals surface area contributed by atoms with Gasteiger partial charge >= 0.3 is 0 Å². The van der Waals surface area contributed by atoms with Gasteiger partial charge in [-0.15, -0.1) is 0 Å². The molecule has 5 nitrogen and oxygen atoms in total. The molecule has 1 fully saturated rings. The average molecular weight is 293 g/mol. The zero-order valence-electron chi connectivity index (χ0n) is 11.7. The fourth-order valence-electron chi connectivity index (χ4n) is 2.97. The molecule has 1 saturated heterocycles. The van der Waals surface area contributed by atoms with Crippen LogP contribution in [0.15, 0.2) is 23.1 Å². The lowest BCUT2D eigenvalue weighted by molar-refractivity contribution is 0.430. The molecule has 2 heterocycles. The Kier molecular flexibility index (Phi) is 3.10. The topological polar surface area (TPSA) is 74.8 Å². The van der Waals surface area contributed by atoms with Crippen LogP contribution in [0.25, 0.3) is 11.0 Å². The fraction of sp³-hybridized carbons (Fsp3) is 0.500. The van der Waals surface area contributed by atoms with E-state index in [-0.39, 0.29) is 5.41 Å². The summed E-state index contributed by atoms with van der Waals surface area (Å²) in [5.74, 6) is 0.899. The lowest BCUT2D eigenvalue weighted by Gasteiger charge is -2.23. The van der Waals surface area contributed by atoms with E-state index in [1.165, 1.54) is 6.26 Å². The summed E-state index contributed by atoms with van der Waals surface area (Å²) in [6.45, 7) is 4.01. The van der Waals surface area contributed by atoms with Crippen molar-refractivity contribution >= 4 is 20.9 Å². The maximum Gasteiger partial charge on any atom is 0.177 e. The second-order valence-corrected chi connectivity index (χ2v) is 7.55. The first-order valence-corrected chi connectivity index (χ1v) is 8.75. The SMILES string of the molecule is CCC1(c2nc3c(S(C)(=O)=O)cccc3[nH]2)CCNC1. The molecule has 1 aliphatic rings. The number of para-hydroxylation sites is 1. The third kappa shape index (κ3) is 2.03. The van der Waals surface area contributed by atoms with Crippen LogP contribution in [-0.2, 0) is 15.3 Å². The van der Waals surface area contributed by atoms with Crippen LogP contribution in [0, 0.1) is 0 Å². The van der Waals surface area contributed by atoms with Crippen LogP contribution in [0.3, 0.4) is 0 Å². The van der Waals surface area contributed by atoms with Crippen molar-refractivity contribution in [3.63, 3.8) is 0 Å².